The molecule has 0 saturated carbocycles. The van der Waals surface area contributed by atoms with Crippen LogP contribution in [0.3, 0.4) is 0 Å². The Hall–Kier alpha value is -3.55. The molecule has 0 aliphatic carbocycles. The number of rotatable bonds is 7. The van der Waals surface area contributed by atoms with Gasteiger partial charge in [0.15, 0.2) is 11.5 Å². The van der Waals surface area contributed by atoms with Crippen molar-refractivity contribution in [1.29, 1.82) is 0 Å². The van der Waals surface area contributed by atoms with Gasteiger partial charge in [-0.25, -0.2) is 19.2 Å². The van der Waals surface area contributed by atoms with Crippen molar-refractivity contribution in [3.63, 3.8) is 0 Å². The lowest BCUT2D eigenvalue weighted by Gasteiger charge is -2.13. The molecule has 33 heavy (non-hydrogen) atoms. The fraction of sp³-hybridized carbons (Fsp3) is 0.391. The molecular weight excluding hydrogens is 431 g/mol. The summed E-state index contributed by atoms with van der Waals surface area (Å²) in [6.07, 6.45) is 1.56. The lowest BCUT2D eigenvalue weighted by Crippen LogP contribution is -2.37. The molecule has 2 heterocycles. The van der Waals surface area contributed by atoms with Gasteiger partial charge in [0, 0.05) is 39.2 Å². The topological polar surface area (TPSA) is 114 Å². The summed E-state index contributed by atoms with van der Waals surface area (Å²) >= 11 is 0. The third-order valence-corrected chi connectivity index (χ3v) is 5.01. The van der Waals surface area contributed by atoms with E-state index in [2.05, 4.69) is 27.1 Å². The minimum atomic E-state index is -1.77. The van der Waals surface area contributed by atoms with Gasteiger partial charge in [-0.05, 0) is 25.1 Å². The molecule has 2 N–H and O–H groups in total. The van der Waals surface area contributed by atoms with Crippen molar-refractivity contribution in [2.24, 2.45) is 0 Å². The van der Waals surface area contributed by atoms with Gasteiger partial charge in [-0.3, -0.25) is 4.79 Å². The van der Waals surface area contributed by atoms with E-state index in [1.165, 1.54) is 29.3 Å². The fourth-order valence-corrected chi connectivity index (χ4v) is 3.20. The van der Waals surface area contributed by atoms with E-state index in [9.17, 15) is 19.1 Å². The molecule has 10 heteroatoms. The first-order valence-electron chi connectivity index (χ1n) is 10.4. The van der Waals surface area contributed by atoms with Crippen LogP contribution in [0.4, 0.5) is 10.1 Å². The Bertz CT molecular complexity index is 1110. The average Bonchev–Trinajstić information content (AvgIpc) is 3.07. The molecule has 0 spiro atoms. The van der Waals surface area contributed by atoms with Gasteiger partial charge in [0.2, 0.25) is 5.60 Å². The van der Waals surface area contributed by atoms with E-state index in [4.69, 9.17) is 9.47 Å². The minimum absolute atomic E-state index is 0.0117. The highest BCUT2D eigenvalue weighted by molar-refractivity contribution is 5.94. The summed E-state index contributed by atoms with van der Waals surface area (Å²) in [6.45, 7) is 3.01. The minimum Gasteiger partial charge on any atom is -0.461 e. The monoisotopic (exact) mass is 456 g/mol. The summed E-state index contributed by atoms with van der Waals surface area (Å²) in [7, 11) is 3.13. The normalized spacial score (nSPS) is 17.5. The number of benzene rings is 1. The van der Waals surface area contributed by atoms with Crippen molar-refractivity contribution in [2.45, 2.75) is 18.9 Å². The zero-order chi connectivity index (χ0) is 24.0. The molecule has 0 radical (unpaired) electrons. The maximum Gasteiger partial charge on any atom is 0.359 e. The molecule has 1 atom stereocenters. The SMILES string of the molecule is CCOC(=O)c1nc(-c2cc(C#C[C@]3(O)CCN(C)C3=O)ccc2F)ncc1NCCOC. The Morgan fingerprint density at radius 2 is 2.21 bits per heavy atom. The molecule has 9 nitrogen and oxygen atoms in total. The van der Waals surface area contributed by atoms with Crippen molar-refractivity contribution in [2.75, 3.05) is 45.8 Å². The molecule has 2 aromatic rings. The van der Waals surface area contributed by atoms with E-state index >= 15 is 0 Å². The zero-order valence-corrected chi connectivity index (χ0v) is 18.6. The van der Waals surface area contributed by atoms with Crippen LogP contribution in [0.2, 0.25) is 0 Å². The first kappa shape index (κ1) is 24.1. The number of nitrogens with one attached hydrogen (secondary N) is 1. The molecule has 1 aromatic heterocycles. The van der Waals surface area contributed by atoms with Gasteiger partial charge < -0.3 is 24.8 Å². The molecule has 1 amide bonds. The van der Waals surface area contributed by atoms with E-state index < -0.39 is 23.3 Å². The number of halogens is 1. The molecule has 0 unspecified atom stereocenters. The molecule has 1 saturated heterocycles. The van der Waals surface area contributed by atoms with Crippen LogP contribution in [0.5, 0.6) is 0 Å². The Balaban J connectivity index is 1.96. The smallest absolute Gasteiger partial charge is 0.359 e. The van der Waals surface area contributed by atoms with Crippen LogP contribution >= 0.6 is 0 Å². The van der Waals surface area contributed by atoms with E-state index in [0.717, 1.165) is 0 Å². The number of carbonyl (C=O) groups is 2. The van der Waals surface area contributed by atoms with Crippen molar-refractivity contribution in [3.05, 3.63) is 41.5 Å². The number of hydrogen-bond donors (Lipinski definition) is 2. The number of methoxy groups -OCH3 is 1. The molecule has 1 aromatic carbocycles. The second-order valence-corrected chi connectivity index (χ2v) is 7.38. The predicted octanol–water partition coefficient (Wildman–Crippen LogP) is 1.46. The first-order chi connectivity index (χ1) is 15.8. The lowest BCUT2D eigenvalue weighted by atomic mass is 10.0. The third-order valence-electron chi connectivity index (χ3n) is 5.01. The molecule has 174 valence electrons. The van der Waals surface area contributed by atoms with E-state index in [-0.39, 0.29) is 30.1 Å². The van der Waals surface area contributed by atoms with Crippen molar-refractivity contribution in [3.8, 4) is 23.2 Å². The van der Waals surface area contributed by atoms with Crippen LogP contribution in [-0.2, 0) is 14.3 Å². The molecule has 1 aliphatic rings. The van der Waals surface area contributed by atoms with Gasteiger partial charge in [0.25, 0.3) is 5.91 Å². The summed E-state index contributed by atoms with van der Waals surface area (Å²) in [5, 5.41) is 13.5. The highest BCUT2D eigenvalue weighted by atomic mass is 19.1. The van der Waals surface area contributed by atoms with E-state index in [1.807, 2.05) is 0 Å². The van der Waals surface area contributed by atoms with Gasteiger partial charge in [0.1, 0.15) is 5.82 Å². The number of likely N-dealkylation sites (tertiary alicyclic amines) is 1. The van der Waals surface area contributed by atoms with Gasteiger partial charge in [-0.15, -0.1) is 0 Å². The highest BCUT2D eigenvalue weighted by Crippen LogP contribution is 2.25. The number of likely N-dealkylation sites (N-methyl/N-ethyl adjacent to an activating group) is 1. The summed E-state index contributed by atoms with van der Waals surface area (Å²) in [4.78, 5) is 34.3. The van der Waals surface area contributed by atoms with Gasteiger partial charge in [-0.1, -0.05) is 11.8 Å². The second kappa shape index (κ2) is 10.4. The first-order valence-corrected chi connectivity index (χ1v) is 10.4. The van der Waals surface area contributed by atoms with Crippen molar-refractivity contribution in [1.82, 2.24) is 14.9 Å². The number of nitrogens with zero attached hydrogens (tertiary/aromatic N) is 3. The Kier molecular flexibility index (Phi) is 7.58. The molecule has 1 aliphatic heterocycles. The van der Waals surface area contributed by atoms with Gasteiger partial charge in [-0.2, -0.15) is 0 Å². The molecular formula is C23H25FN4O5. The Morgan fingerprint density at radius 3 is 2.88 bits per heavy atom. The third kappa shape index (κ3) is 5.45. The number of esters is 1. The van der Waals surface area contributed by atoms with Crippen LogP contribution in [0, 0.1) is 17.7 Å². The van der Waals surface area contributed by atoms with Crippen LogP contribution in [-0.4, -0.2) is 77.9 Å². The van der Waals surface area contributed by atoms with Crippen molar-refractivity contribution < 1.29 is 28.6 Å². The number of aromatic nitrogens is 2. The standard InChI is InChI=1S/C23H25FN4O5/c1-4-33-21(29)19-18(25-10-12-32-3)14-26-20(27-19)16-13-15(5-6-17(16)24)7-8-23(31)9-11-28(2)22(23)30/h5-6,13-14,25,31H,4,9-12H2,1-3H3/t23-/m0/s1. The van der Waals surface area contributed by atoms with Crippen LogP contribution < -0.4 is 5.32 Å². The summed E-state index contributed by atoms with van der Waals surface area (Å²) in [5.74, 6) is 3.52. The average molecular weight is 456 g/mol. The molecule has 1 fully saturated rings. The van der Waals surface area contributed by atoms with Crippen molar-refractivity contribution >= 4 is 17.6 Å². The number of hydrogen-bond acceptors (Lipinski definition) is 8. The van der Waals surface area contributed by atoms with Crippen LogP contribution in [0.15, 0.2) is 24.4 Å². The number of anilines is 1. The largest absolute Gasteiger partial charge is 0.461 e. The number of aliphatic hydroxyl groups is 1. The summed E-state index contributed by atoms with van der Waals surface area (Å²) < 4.78 is 24.7. The van der Waals surface area contributed by atoms with E-state index in [1.54, 1.807) is 21.1 Å². The number of ether oxygens (including phenoxy) is 2. The summed E-state index contributed by atoms with van der Waals surface area (Å²) in [5.41, 5.74) is -1.12. The quantitative estimate of drug-likeness (QED) is 0.366. The van der Waals surface area contributed by atoms with Crippen LogP contribution in [0.1, 0.15) is 29.4 Å². The summed E-state index contributed by atoms with van der Waals surface area (Å²) in [6, 6.07) is 4.01. The zero-order valence-electron chi connectivity index (χ0n) is 18.6. The predicted molar refractivity (Wildman–Crippen MR) is 118 cm³/mol. The van der Waals surface area contributed by atoms with Gasteiger partial charge in [0.05, 0.1) is 30.7 Å². The lowest BCUT2D eigenvalue weighted by molar-refractivity contribution is -0.137. The van der Waals surface area contributed by atoms with E-state index in [0.29, 0.717) is 30.9 Å². The number of carbonyl (C=O) groups excluding carboxylic acids is 2. The maximum atomic E-state index is 14.6. The molecule has 3 rings (SSSR count). The maximum absolute atomic E-state index is 14.6. The number of amides is 1. The Labute approximate surface area is 190 Å². The van der Waals surface area contributed by atoms with Crippen LogP contribution in [0.25, 0.3) is 11.4 Å². The second-order valence-electron chi connectivity index (χ2n) is 7.38. The highest BCUT2D eigenvalue weighted by Gasteiger charge is 2.42. The van der Waals surface area contributed by atoms with Gasteiger partial charge >= 0.3 is 5.97 Å². The Morgan fingerprint density at radius 1 is 1.42 bits per heavy atom. The fourth-order valence-electron chi connectivity index (χ4n) is 3.20. The molecule has 0 bridgehead atoms.